The van der Waals surface area contributed by atoms with Gasteiger partial charge in [-0.25, -0.2) is 14.3 Å². The summed E-state index contributed by atoms with van der Waals surface area (Å²) in [6.07, 6.45) is 2.62. The Bertz CT molecular complexity index is 2260. The molecule has 0 bridgehead atoms. The monoisotopic (exact) mass is 792 g/mol. The van der Waals surface area contributed by atoms with E-state index in [-0.39, 0.29) is 43.1 Å². The highest BCUT2D eigenvalue weighted by Crippen LogP contribution is 2.30. The molecule has 0 spiro atoms. The molecule has 0 saturated carbocycles. The van der Waals surface area contributed by atoms with Gasteiger partial charge in [-0.15, -0.1) is 5.10 Å². The van der Waals surface area contributed by atoms with Crippen LogP contribution in [-0.4, -0.2) is 77.1 Å². The number of nitrogens with one attached hydrogen (secondary N) is 4. The van der Waals surface area contributed by atoms with Gasteiger partial charge in [-0.2, -0.15) is 0 Å². The number of nitrogens with zero attached hydrogens (tertiary/aromatic N) is 4. The van der Waals surface area contributed by atoms with Gasteiger partial charge < -0.3 is 41.9 Å². The second-order valence-electron chi connectivity index (χ2n) is 13.7. The van der Waals surface area contributed by atoms with Gasteiger partial charge in [-0.05, 0) is 60.9 Å². The number of rotatable bonds is 19. The van der Waals surface area contributed by atoms with E-state index in [2.05, 4.69) is 67.8 Å². The summed E-state index contributed by atoms with van der Waals surface area (Å²) in [7, 11) is 0. The van der Waals surface area contributed by atoms with E-state index in [1.54, 1.807) is 19.1 Å². The van der Waals surface area contributed by atoms with E-state index in [0.717, 1.165) is 17.5 Å². The third-order valence-electron chi connectivity index (χ3n) is 9.25. The molecule has 2 unspecified atom stereocenters. The molecule has 0 aliphatic heterocycles. The van der Waals surface area contributed by atoms with Crippen molar-refractivity contribution < 1.29 is 28.3 Å². The minimum atomic E-state index is -1.03. The van der Waals surface area contributed by atoms with Gasteiger partial charge in [0.25, 0.3) is 0 Å². The highest BCUT2D eigenvalue weighted by atomic mass is 16.5. The molecule has 4 amide bonds. The first-order valence-corrected chi connectivity index (χ1v) is 18.8. The molecule has 58 heavy (non-hydrogen) atoms. The Hall–Kier alpha value is -7.04. The quantitative estimate of drug-likeness (QED) is 0.0307. The van der Waals surface area contributed by atoms with Gasteiger partial charge in [-0.3, -0.25) is 19.4 Å². The Morgan fingerprint density at radius 1 is 0.914 bits per heavy atom. The van der Waals surface area contributed by atoms with E-state index in [1.807, 2.05) is 47.3 Å². The highest BCUT2D eigenvalue weighted by molar-refractivity contribution is 5.99. The summed E-state index contributed by atoms with van der Waals surface area (Å²) in [6.45, 7) is 3.22. The van der Waals surface area contributed by atoms with E-state index in [1.165, 1.54) is 17.7 Å². The molecule has 8 N–H and O–H groups in total. The van der Waals surface area contributed by atoms with Crippen molar-refractivity contribution in [1.29, 1.82) is 0 Å². The third-order valence-corrected chi connectivity index (χ3v) is 9.25. The number of guanidine groups is 1. The lowest BCUT2D eigenvalue weighted by molar-refractivity contribution is -0.128. The molecule has 5 rings (SSSR count). The summed E-state index contributed by atoms with van der Waals surface area (Å²) in [5, 5.41) is 19.5. The number of nitrogens with two attached hydrogens (primary N) is 2. The van der Waals surface area contributed by atoms with Crippen LogP contribution in [0.15, 0.2) is 105 Å². The number of anilines is 1. The van der Waals surface area contributed by atoms with Crippen molar-refractivity contribution >= 4 is 46.4 Å². The van der Waals surface area contributed by atoms with Gasteiger partial charge in [-0.1, -0.05) is 72.8 Å². The van der Waals surface area contributed by atoms with Crippen LogP contribution in [0.3, 0.4) is 0 Å². The predicted molar refractivity (Wildman–Crippen MR) is 218 cm³/mol. The van der Waals surface area contributed by atoms with Crippen molar-refractivity contribution in [3.63, 3.8) is 0 Å². The molecule has 0 aliphatic carbocycles. The van der Waals surface area contributed by atoms with Crippen LogP contribution in [0.25, 0.3) is 11.0 Å². The van der Waals surface area contributed by atoms with Crippen molar-refractivity contribution in [2.24, 2.45) is 16.5 Å². The average molecular weight is 793 g/mol. The lowest BCUT2D eigenvalue weighted by Gasteiger charge is -2.22. The Kier molecular flexibility index (Phi) is 15.1. The first-order valence-electron chi connectivity index (χ1n) is 18.8. The molecule has 3 aromatic carbocycles. The summed E-state index contributed by atoms with van der Waals surface area (Å²) in [4.78, 5) is 66.6. The zero-order valence-electron chi connectivity index (χ0n) is 32.4. The molecule has 2 heterocycles. The number of hydrogen-bond donors (Lipinski definition) is 6. The molecule has 304 valence electrons. The van der Waals surface area contributed by atoms with Gasteiger partial charge in [0.2, 0.25) is 17.7 Å². The number of hydrogen-bond acceptors (Lipinski definition) is 10. The fourth-order valence-corrected chi connectivity index (χ4v) is 6.25. The smallest absolute Gasteiger partial charge is 0.407 e. The maximum absolute atomic E-state index is 13.3. The number of fused-ring (bicyclic) bond motifs is 1. The van der Waals surface area contributed by atoms with Crippen molar-refractivity contribution in [2.75, 3.05) is 31.6 Å². The van der Waals surface area contributed by atoms with Crippen LogP contribution in [0.5, 0.6) is 0 Å². The molecule has 0 fully saturated rings. The topological polar surface area (TPSA) is 251 Å². The molecular weight excluding hydrogens is 745 g/mol. The van der Waals surface area contributed by atoms with E-state index in [9.17, 15) is 24.0 Å². The average Bonchev–Trinajstić information content (AvgIpc) is 3.68. The minimum absolute atomic E-state index is 0.00902. The Morgan fingerprint density at radius 2 is 1.62 bits per heavy atom. The van der Waals surface area contributed by atoms with Gasteiger partial charge >= 0.3 is 11.7 Å². The maximum atomic E-state index is 13.3. The number of amides is 4. The van der Waals surface area contributed by atoms with Crippen LogP contribution in [0.1, 0.15) is 60.5 Å². The van der Waals surface area contributed by atoms with Crippen LogP contribution in [-0.2, 0) is 25.5 Å². The third kappa shape index (κ3) is 12.8. The number of alkyl carbamates (subject to hydrolysis) is 1. The van der Waals surface area contributed by atoms with Crippen LogP contribution in [0.4, 0.5) is 10.5 Å². The van der Waals surface area contributed by atoms with E-state index < -0.39 is 48.6 Å². The summed E-state index contributed by atoms with van der Waals surface area (Å²) >= 11 is 0. The second-order valence-corrected chi connectivity index (χ2v) is 13.7. The molecule has 17 nitrogen and oxygen atoms in total. The minimum Gasteiger partial charge on any atom is -0.449 e. The van der Waals surface area contributed by atoms with E-state index >= 15 is 0 Å². The van der Waals surface area contributed by atoms with Crippen LogP contribution < -0.4 is 38.4 Å². The number of carbonyl (C=O) groups excluding carboxylic acids is 4. The number of aryl methyl sites for hydroxylation is 1. The number of benzene rings is 3. The predicted octanol–water partition coefficient (Wildman–Crippen LogP) is 3.04. The van der Waals surface area contributed by atoms with Crippen molar-refractivity contribution in [3.8, 4) is 0 Å². The fourth-order valence-electron chi connectivity index (χ4n) is 6.25. The van der Waals surface area contributed by atoms with Crippen LogP contribution in [0.2, 0.25) is 0 Å². The Balaban J connectivity index is 1.06. The first kappa shape index (κ1) is 42.1. The lowest BCUT2D eigenvalue weighted by atomic mass is 9.91. The SMILES string of the molecule is Cc1cc(=O)oc2cc(NC(=O)[C@H](CCCN=C(N)N)NC(=O)CNC(=O)CNC(=O)OCCc3cn(C(CC(C)c4ccccc4)c4ccccc4)nn3)ccc12. The largest absolute Gasteiger partial charge is 0.449 e. The Morgan fingerprint density at radius 3 is 2.34 bits per heavy atom. The normalized spacial score (nSPS) is 12.4. The summed E-state index contributed by atoms with van der Waals surface area (Å²) < 4.78 is 12.3. The second kappa shape index (κ2) is 20.8. The van der Waals surface area contributed by atoms with Gasteiger partial charge in [0, 0.05) is 42.4 Å². The van der Waals surface area contributed by atoms with Gasteiger partial charge in [0.15, 0.2) is 5.96 Å². The van der Waals surface area contributed by atoms with Crippen molar-refractivity contribution in [3.05, 3.63) is 124 Å². The number of carbonyl (C=O) groups is 4. The van der Waals surface area contributed by atoms with Crippen molar-refractivity contribution in [2.45, 2.75) is 57.5 Å². The number of aliphatic imine (C=N–C) groups is 1. The molecule has 0 saturated heterocycles. The molecular formula is C41H48N10O7. The maximum Gasteiger partial charge on any atom is 0.407 e. The molecule has 3 atom stereocenters. The van der Waals surface area contributed by atoms with E-state index in [4.69, 9.17) is 20.6 Å². The number of aromatic nitrogens is 3. The molecule has 0 radical (unpaired) electrons. The van der Waals surface area contributed by atoms with Gasteiger partial charge in [0.05, 0.1) is 24.9 Å². The molecule has 5 aromatic rings. The molecule has 17 heteroatoms. The highest BCUT2D eigenvalue weighted by Gasteiger charge is 2.23. The van der Waals surface area contributed by atoms with Gasteiger partial charge in [0.1, 0.15) is 18.2 Å². The van der Waals surface area contributed by atoms with Crippen LogP contribution >= 0.6 is 0 Å². The Labute approximate surface area is 334 Å². The first-order chi connectivity index (χ1) is 27.9. The summed E-state index contributed by atoms with van der Waals surface area (Å²) in [6, 6.07) is 25.5. The zero-order valence-corrected chi connectivity index (χ0v) is 32.4. The van der Waals surface area contributed by atoms with E-state index in [0.29, 0.717) is 29.6 Å². The zero-order chi connectivity index (χ0) is 41.4. The molecule has 2 aromatic heterocycles. The van der Waals surface area contributed by atoms with Crippen molar-refractivity contribution in [1.82, 2.24) is 30.9 Å². The standard InChI is InChI=1S/C41H48N10O7/c1-26(28-10-5-3-6-11-28)20-34(29-12-7-4-8-13-29)51-25-31(49-50-51)17-19-57-41(56)46-23-36(52)45-24-37(53)48-33(14-9-18-44-40(42)43)39(55)47-30-15-16-32-27(2)21-38(54)58-35(32)22-30/h3-8,10-13,15-16,21-22,25-26,33-34H,9,14,17-20,23-24H2,1-2H3,(H,45,52)(H,46,56)(H,47,55)(H,48,53)(H4,42,43,44)/t26?,33-,34?/m0/s1. The fraction of sp³-hybridized carbons (Fsp3) is 0.317. The summed E-state index contributed by atoms with van der Waals surface area (Å²) in [5.74, 6) is -1.73. The van der Waals surface area contributed by atoms with Crippen LogP contribution in [0, 0.1) is 6.92 Å². The lowest BCUT2D eigenvalue weighted by Crippen LogP contribution is -2.48. The molecule has 0 aliphatic rings. The number of ether oxygens (including phenoxy) is 1. The summed E-state index contributed by atoms with van der Waals surface area (Å²) in [5.41, 5.74) is 14.6.